The summed E-state index contributed by atoms with van der Waals surface area (Å²) in [6, 6.07) is 1.99. The van der Waals surface area contributed by atoms with Gasteiger partial charge in [-0.05, 0) is 26.8 Å². The van der Waals surface area contributed by atoms with E-state index >= 15 is 0 Å². The average molecular weight is 274 g/mol. The van der Waals surface area contributed by atoms with Gasteiger partial charge in [-0.15, -0.1) is 0 Å². The summed E-state index contributed by atoms with van der Waals surface area (Å²) in [5.41, 5.74) is 1.28. The van der Waals surface area contributed by atoms with Gasteiger partial charge in [0.1, 0.15) is 18.0 Å². The second-order valence-corrected chi connectivity index (χ2v) is 4.06. The van der Waals surface area contributed by atoms with E-state index in [0.29, 0.717) is 11.5 Å². The monoisotopic (exact) mass is 274 g/mol. The van der Waals surface area contributed by atoms with Crippen LogP contribution in [0.2, 0.25) is 0 Å². The highest BCUT2D eigenvalue weighted by Gasteiger charge is 2.14. The first-order valence-electron chi connectivity index (χ1n) is 6.24. The molecular formula is C15H22N4O. The van der Waals surface area contributed by atoms with E-state index in [1.807, 2.05) is 40.0 Å². The van der Waals surface area contributed by atoms with Crippen LogP contribution in [-0.2, 0) is 4.74 Å². The molecule has 0 saturated heterocycles. The summed E-state index contributed by atoms with van der Waals surface area (Å²) in [4.78, 5) is 10.0. The summed E-state index contributed by atoms with van der Waals surface area (Å²) in [6.45, 7) is 9.36. The lowest BCUT2D eigenvalue weighted by Crippen LogP contribution is -2.31. The Morgan fingerprint density at radius 1 is 1.50 bits per heavy atom. The van der Waals surface area contributed by atoms with Crippen molar-refractivity contribution in [3.8, 4) is 6.07 Å². The van der Waals surface area contributed by atoms with Gasteiger partial charge in [0.2, 0.25) is 5.88 Å². The Kier molecular flexibility index (Phi) is 8.44. The molecule has 0 spiro atoms. The maximum atomic E-state index is 9.01. The number of rotatable bonds is 7. The summed E-state index contributed by atoms with van der Waals surface area (Å²) in [6.07, 6.45) is 6.59. The Morgan fingerprint density at radius 2 is 2.15 bits per heavy atom. The molecule has 0 aliphatic rings. The summed E-state index contributed by atoms with van der Waals surface area (Å²) in [5.74, 6) is 0.461. The third-order valence-corrected chi connectivity index (χ3v) is 2.73. The maximum absolute atomic E-state index is 9.01. The highest BCUT2D eigenvalue weighted by atomic mass is 16.5. The van der Waals surface area contributed by atoms with Gasteiger partial charge in [0.25, 0.3) is 0 Å². The standard InChI is InChI=1S/C15H22N4O/c1-7-12(3)18-11-17-10-13(4)19(5)15(20-6)14(8-2)9-16/h7-8,10-11,13H,2H2,1,3-6H3/b12-7+,15-14-,17-10-,18-11-. The fraction of sp³-hybridized carbons (Fsp3) is 0.400. The SMILES string of the molecule is C=C/C(C#N)=C(/OC)N(C)C(C)\C=N/C=N\C(C)=C\C. The average Bonchev–Trinajstić information content (AvgIpc) is 2.47. The molecule has 0 saturated carbocycles. The molecule has 0 radical (unpaired) electrons. The van der Waals surface area contributed by atoms with E-state index in [1.54, 1.807) is 11.1 Å². The highest BCUT2D eigenvalue weighted by Crippen LogP contribution is 2.12. The minimum atomic E-state index is -0.0504. The van der Waals surface area contributed by atoms with Crippen LogP contribution in [0.4, 0.5) is 0 Å². The van der Waals surface area contributed by atoms with Crippen LogP contribution in [0.1, 0.15) is 20.8 Å². The van der Waals surface area contributed by atoms with Crippen molar-refractivity contribution in [2.75, 3.05) is 14.2 Å². The van der Waals surface area contributed by atoms with Crippen LogP contribution in [0.15, 0.2) is 45.9 Å². The van der Waals surface area contributed by atoms with E-state index in [9.17, 15) is 0 Å². The van der Waals surface area contributed by atoms with Gasteiger partial charge in [-0.1, -0.05) is 12.7 Å². The molecule has 1 unspecified atom stereocenters. The molecule has 5 nitrogen and oxygen atoms in total. The summed E-state index contributed by atoms with van der Waals surface area (Å²) in [7, 11) is 3.35. The number of ether oxygens (including phenoxy) is 1. The fourth-order valence-corrected chi connectivity index (χ4v) is 1.27. The van der Waals surface area contributed by atoms with Gasteiger partial charge >= 0.3 is 0 Å². The lowest BCUT2D eigenvalue weighted by Gasteiger charge is -2.25. The van der Waals surface area contributed by atoms with Crippen molar-refractivity contribution in [2.45, 2.75) is 26.8 Å². The molecule has 0 fully saturated rings. The van der Waals surface area contributed by atoms with Gasteiger partial charge in [0.05, 0.1) is 13.2 Å². The van der Waals surface area contributed by atoms with Gasteiger partial charge in [-0.2, -0.15) is 5.26 Å². The van der Waals surface area contributed by atoms with Gasteiger partial charge in [0, 0.05) is 19.0 Å². The van der Waals surface area contributed by atoms with Crippen molar-refractivity contribution < 1.29 is 4.74 Å². The predicted octanol–water partition coefficient (Wildman–Crippen LogP) is 2.90. The van der Waals surface area contributed by atoms with Crippen LogP contribution < -0.4 is 0 Å². The van der Waals surface area contributed by atoms with Crippen molar-refractivity contribution >= 4 is 12.6 Å². The van der Waals surface area contributed by atoms with E-state index < -0.39 is 0 Å². The molecule has 0 aromatic rings. The predicted molar refractivity (Wildman–Crippen MR) is 83.5 cm³/mol. The van der Waals surface area contributed by atoms with Gasteiger partial charge in [0.15, 0.2) is 0 Å². The largest absolute Gasteiger partial charge is 0.481 e. The van der Waals surface area contributed by atoms with Crippen LogP contribution in [0.5, 0.6) is 0 Å². The van der Waals surface area contributed by atoms with E-state index in [-0.39, 0.29) is 6.04 Å². The normalized spacial score (nSPS) is 14.9. The first-order valence-corrected chi connectivity index (χ1v) is 6.24. The third kappa shape index (κ3) is 5.53. The molecule has 5 heteroatoms. The van der Waals surface area contributed by atoms with Crippen molar-refractivity contribution in [2.24, 2.45) is 9.98 Å². The molecule has 0 aromatic heterocycles. The number of aliphatic imine (C=N–C) groups is 2. The number of hydrogen-bond donors (Lipinski definition) is 0. The second kappa shape index (κ2) is 9.56. The van der Waals surface area contributed by atoms with E-state index in [1.165, 1.54) is 19.5 Å². The van der Waals surface area contributed by atoms with Crippen LogP contribution in [0.25, 0.3) is 0 Å². The van der Waals surface area contributed by atoms with E-state index in [0.717, 1.165) is 5.70 Å². The topological polar surface area (TPSA) is 61.0 Å². The quantitative estimate of drug-likeness (QED) is 0.236. The number of allylic oxidation sites excluding steroid dienone is 4. The van der Waals surface area contributed by atoms with Crippen LogP contribution in [0, 0.1) is 11.3 Å². The minimum Gasteiger partial charge on any atom is -0.481 e. The van der Waals surface area contributed by atoms with Gasteiger partial charge in [-0.3, -0.25) is 0 Å². The number of nitrogens with zero attached hydrogens (tertiary/aromatic N) is 4. The Labute approximate surface area is 121 Å². The van der Waals surface area contributed by atoms with Gasteiger partial charge < -0.3 is 9.64 Å². The van der Waals surface area contributed by atoms with Crippen molar-refractivity contribution in [1.29, 1.82) is 5.26 Å². The molecule has 0 rings (SSSR count). The van der Waals surface area contributed by atoms with Crippen LogP contribution in [-0.4, -0.2) is 37.7 Å². The lowest BCUT2D eigenvalue weighted by molar-refractivity contribution is 0.164. The summed E-state index contributed by atoms with van der Waals surface area (Å²) < 4.78 is 5.25. The molecule has 0 N–H and O–H groups in total. The van der Waals surface area contributed by atoms with E-state index in [4.69, 9.17) is 10.00 Å². The van der Waals surface area contributed by atoms with Crippen LogP contribution in [0.3, 0.4) is 0 Å². The van der Waals surface area contributed by atoms with E-state index in [2.05, 4.69) is 16.6 Å². The molecular weight excluding hydrogens is 252 g/mol. The molecule has 0 aromatic carbocycles. The van der Waals surface area contributed by atoms with Crippen LogP contribution >= 0.6 is 0 Å². The smallest absolute Gasteiger partial charge is 0.207 e. The molecule has 20 heavy (non-hydrogen) atoms. The number of methoxy groups -OCH3 is 1. The Morgan fingerprint density at radius 3 is 2.60 bits per heavy atom. The molecule has 0 bridgehead atoms. The minimum absolute atomic E-state index is 0.0504. The number of hydrogen-bond acceptors (Lipinski definition) is 4. The molecule has 0 aliphatic carbocycles. The number of nitriles is 1. The molecule has 108 valence electrons. The zero-order valence-electron chi connectivity index (χ0n) is 12.8. The first-order chi connectivity index (χ1) is 9.51. The zero-order valence-corrected chi connectivity index (χ0v) is 12.8. The summed E-state index contributed by atoms with van der Waals surface area (Å²) in [5, 5.41) is 9.01. The van der Waals surface area contributed by atoms with Gasteiger partial charge in [-0.25, -0.2) is 9.98 Å². The second-order valence-electron chi connectivity index (χ2n) is 4.06. The third-order valence-electron chi connectivity index (χ3n) is 2.73. The molecule has 0 aliphatic heterocycles. The Bertz CT molecular complexity index is 481. The molecule has 0 heterocycles. The van der Waals surface area contributed by atoms with Crippen molar-refractivity contribution in [3.05, 3.63) is 35.9 Å². The Balaban J connectivity index is 4.94. The fourth-order valence-electron chi connectivity index (χ4n) is 1.27. The van der Waals surface area contributed by atoms with Crippen molar-refractivity contribution in [1.82, 2.24) is 4.90 Å². The Hall–Kier alpha value is -2.35. The van der Waals surface area contributed by atoms with Crippen molar-refractivity contribution in [3.63, 3.8) is 0 Å². The maximum Gasteiger partial charge on any atom is 0.207 e. The zero-order chi connectivity index (χ0) is 15.5. The molecule has 1 atom stereocenters. The lowest BCUT2D eigenvalue weighted by atomic mass is 10.2. The molecule has 0 amide bonds. The highest BCUT2D eigenvalue weighted by molar-refractivity contribution is 5.76. The summed E-state index contributed by atoms with van der Waals surface area (Å²) >= 11 is 0. The first kappa shape index (κ1) is 17.6.